The molecule has 1 N–H and O–H groups in total. The summed E-state index contributed by atoms with van der Waals surface area (Å²) < 4.78 is 296. The van der Waals surface area contributed by atoms with Crippen molar-refractivity contribution >= 4 is 44.7 Å². The molecule has 0 saturated heterocycles. The number of aromatic nitrogens is 1. The van der Waals surface area contributed by atoms with Gasteiger partial charge in [-0.3, -0.25) is 0 Å². The van der Waals surface area contributed by atoms with Gasteiger partial charge in [-0.15, -0.1) is 21.9 Å². The van der Waals surface area contributed by atoms with Crippen molar-refractivity contribution in [3.05, 3.63) is 194 Å². The Hall–Kier alpha value is -7.14. The Morgan fingerprint density at radius 2 is 0.708 bits per heavy atom. The van der Waals surface area contributed by atoms with E-state index in [1.807, 2.05) is 42.7 Å². The molecule has 3 nitrogen and oxygen atoms in total. The van der Waals surface area contributed by atoms with Crippen molar-refractivity contribution < 1.29 is 102 Å². The Morgan fingerprint density at radius 1 is 0.400 bits per heavy atom. The fourth-order valence-electron chi connectivity index (χ4n) is 7.13. The molecule has 0 radical (unpaired) electrons. The Bertz CT molecular complexity index is 2730. The van der Waals surface area contributed by atoms with E-state index in [1.165, 1.54) is 5.56 Å². The zero-order valence-corrected chi connectivity index (χ0v) is 31.0. The van der Waals surface area contributed by atoms with Crippen LogP contribution in [0.1, 0.15) is 15.9 Å². The topological polar surface area (TPSA) is 41.2 Å². The number of hydrogen-bond acceptors (Lipinski definition) is 1. The van der Waals surface area contributed by atoms with E-state index in [1.54, 1.807) is 12.1 Å². The number of aromatic carboxylic acids is 1. The predicted molar refractivity (Wildman–Crippen MR) is 186 cm³/mol. The zero-order chi connectivity index (χ0) is 48.3. The average molecular weight is 943 g/mol. The van der Waals surface area contributed by atoms with Crippen LogP contribution in [0.4, 0.5) is 87.8 Å². The van der Waals surface area contributed by atoms with Gasteiger partial charge in [-0.2, -0.15) is 0 Å². The van der Waals surface area contributed by atoms with E-state index in [2.05, 4.69) is 16.7 Å². The van der Waals surface area contributed by atoms with Crippen molar-refractivity contribution in [1.82, 2.24) is 0 Å². The van der Waals surface area contributed by atoms with Gasteiger partial charge in [0.05, 0.1) is 5.56 Å². The van der Waals surface area contributed by atoms with Crippen molar-refractivity contribution in [2.45, 2.75) is 6.54 Å². The number of carboxylic acid groups (broad SMARTS) is 1. The number of nitrogens with zero attached hydrogens (tertiary/aromatic N) is 1. The Balaban J connectivity index is 0.000000289. The molecular weight excluding hydrogens is 929 g/mol. The SMILES string of the molecule is Fc1c(F)c(F)c([B-](c2c(F)c(F)c(F)c(F)c2F)(c2c(F)c(F)c(F)c(F)c2F)c2c(F)c(F)c(F)c(F)c2F)c(F)c1F.O=C(O)c1ccc2c[n+](Cc3ccccc3)ccc2c1. The number of carbonyl (C=O) groups is 1. The molecule has 65 heavy (non-hydrogen) atoms. The van der Waals surface area contributed by atoms with Crippen molar-refractivity contribution in [3.63, 3.8) is 0 Å². The summed E-state index contributed by atoms with van der Waals surface area (Å²) in [6.45, 7) is 0.803. The van der Waals surface area contributed by atoms with E-state index in [-0.39, 0.29) is 0 Å². The standard InChI is InChI=1S/C24BF20.C17H13NO2/c26-5-1(6(27)14(35)21(42)13(5)34)25(2-7(28)15(36)22(43)16(37)8(2)29,3-9(30)17(38)23(44)18(39)10(3)31)4-11(32)19(40)24(45)20(41)12(4)33;19-17(20)15-6-7-16-12-18(9-8-14(16)10-15)11-13-4-2-1-3-5-13/h;1-10,12H,11H2/q-1;/p+1. The molecule has 0 spiro atoms. The lowest BCUT2D eigenvalue weighted by atomic mass is 9.12. The average Bonchev–Trinajstić information content (AvgIpc) is 3.29. The highest BCUT2D eigenvalue weighted by molar-refractivity contribution is 7.20. The molecule has 0 fully saturated rings. The molecule has 0 bridgehead atoms. The molecular formula is C41H14BF20NO2. The monoisotopic (exact) mass is 943 g/mol. The van der Waals surface area contributed by atoms with Crippen LogP contribution in [0.2, 0.25) is 0 Å². The van der Waals surface area contributed by atoms with Crippen LogP contribution in [0.15, 0.2) is 67.0 Å². The van der Waals surface area contributed by atoms with Gasteiger partial charge in [0.1, 0.15) is 52.7 Å². The molecule has 24 heteroatoms. The highest BCUT2D eigenvalue weighted by Crippen LogP contribution is 2.31. The quantitative estimate of drug-likeness (QED) is 0.0572. The Labute approximate surface area is 347 Å². The summed E-state index contributed by atoms with van der Waals surface area (Å²) in [5.74, 6) is -72.3. The maximum absolute atomic E-state index is 15.4. The van der Waals surface area contributed by atoms with Gasteiger partial charge in [0, 0.05) is 17.0 Å². The first-order chi connectivity index (χ1) is 30.4. The third-order valence-corrected chi connectivity index (χ3v) is 10.00. The molecule has 7 aromatic rings. The highest BCUT2D eigenvalue weighted by Gasteiger charge is 2.52. The molecule has 0 aliphatic heterocycles. The van der Waals surface area contributed by atoms with Gasteiger partial charge in [0.25, 0.3) is 0 Å². The summed E-state index contributed by atoms with van der Waals surface area (Å²) in [5.41, 5.74) is -12.8. The van der Waals surface area contributed by atoms with Crippen LogP contribution in [0.5, 0.6) is 0 Å². The largest absolute Gasteiger partial charge is 0.478 e. The summed E-state index contributed by atoms with van der Waals surface area (Å²) >= 11 is 0. The van der Waals surface area contributed by atoms with E-state index in [0.717, 1.165) is 17.3 Å². The Morgan fingerprint density at radius 3 is 1.02 bits per heavy atom. The second-order valence-electron chi connectivity index (χ2n) is 13.6. The number of halogens is 20. The van der Waals surface area contributed by atoms with Gasteiger partial charge < -0.3 is 5.11 Å². The number of rotatable bonds is 7. The van der Waals surface area contributed by atoms with Crippen molar-refractivity contribution in [3.8, 4) is 0 Å². The molecule has 0 atom stereocenters. The molecule has 0 unspecified atom stereocenters. The third kappa shape index (κ3) is 7.52. The zero-order valence-electron chi connectivity index (χ0n) is 31.0. The predicted octanol–water partition coefficient (Wildman–Crippen LogP) is 8.72. The second kappa shape index (κ2) is 17.4. The molecule has 6 aromatic carbocycles. The van der Waals surface area contributed by atoms with Crippen LogP contribution in [-0.2, 0) is 6.54 Å². The minimum Gasteiger partial charge on any atom is -0.478 e. The molecule has 0 aliphatic carbocycles. The fraction of sp³-hybridized carbons (Fsp3) is 0.0244. The van der Waals surface area contributed by atoms with Gasteiger partial charge in [-0.1, -0.05) is 30.3 Å². The first kappa shape index (κ1) is 47.3. The third-order valence-electron chi connectivity index (χ3n) is 10.00. The number of carboxylic acids is 1. The van der Waals surface area contributed by atoms with Crippen molar-refractivity contribution in [1.29, 1.82) is 0 Å². The van der Waals surface area contributed by atoms with E-state index in [9.17, 15) is 57.5 Å². The first-order valence-corrected chi connectivity index (χ1v) is 17.4. The number of fused-ring (bicyclic) bond motifs is 1. The van der Waals surface area contributed by atoms with E-state index < -0.39 is 150 Å². The van der Waals surface area contributed by atoms with Crippen molar-refractivity contribution in [2.75, 3.05) is 0 Å². The van der Waals surface area contributed by atoms with Gasteiger partial charge >= 0.3 is 5.97 Å². The molecule has 0 amide bonds. The fourth-order valence-corrected chi connectivity index (χ4v) is 7.13. The van der Waals surface area contributed by atoms with Crippen LogP contribution < -0.4 is 26.4 Å². The molecule has 1 aromatic heterocycles. The summed E-state index contributed by atoms with van der Waals surface area (Å²) in [6, 6.07) is 17.4. The number of hydrogen-bond donors (Lipinski definition) is 1. The molecule has 338 valence electrons. The smallest absolute Gasteiger partial charge is 0.335 e. The van der Waals surface area contributed by atoms with E-state index >= 15 is 35.1 Å². The molecule has 7 rings (SSSR count). The van der Waals surface area contributed by atoms with Crippen molar-refractivity contribution in [2.24, 2.45) is 0 Å². The molecule has 1 heterocycles. The summed E-state index contributed by atoms with van der Waals surface area (Å²) in [4.78, 5) is 10.9. The molecule has 0 saturated carbocycles. The minimum atomic E-state index is -7.22. The number of pyridine rings is 1. The van der Waals surface area contributed by atoms with Crippen LogP contribution in [0, 0.1) is 116 Å². The number of benzene rings is 6. The second-order valence-corrected chi connectivity index (χ2v) is 13.6. The normalized spacial score (nSPS) is 11.6. The van der Waals surface area contributed by atoms with Gasteiger partial charge in [0.2, 0.25) is 0 Å². The summed E-state index contributed by atoms with van der Waals surface area (Å²) in [6.07, 6.45) is -3.21. The first-order valence-electron chi connectivity index (χ1n) is 17.4. The summed E-state index contributed by atoms with van der Waals surface area (Å²) in [5, 5.41) is 11.0. The molecule has 0 aliphatic rings. The Kier molecular flexibility index (Phi) is 12.7. The maximum atomic E-state index is 15.4. The van der Waals surface area contributed by atoms with E-state index in [0.29, 0.717) is 5.56 Å². The minimum absolute atomic E-state index is 0.318. The highest BCUT2D eigenvalue weighted by atomic mass is 19.2. The maximum Gasteiger partial charge on any atom is 0.335 e. The van der Waals surface area contributed by atoms with E-state index in [4.69, 9.17) is 5.11 Å². The lowest BCUT2D eigenvalue weighted by molar-refractivity contribution is -0.687. The van der Waals surface area contributed by atoms with Crippen LogP contribution in [0.3, 0.4) is 0 Å². The summed E-state index contributed by atoms with van der Waals surface area (Å²) in [7, 11) is 0. The van der Waals surface area contributed by atoms with Gasteiger partial charge in [-0.05, 0) is 23.6 Å². The van der Waals surface area contributed by atoms with Crippen LogP contribution in [-0.4, -0.2) is 17.2 Å². The van der Waals surface area contributed by atoms with Gasteiger partial charge in [-0.25, -0.2) is 97.2 Å². The lowest BCUT2D eigenvalue weighted by Gasteiger charge is -2.44. The van der Waals surface area contributed by atoms with Gasteiger partial charge in [0.15, 0.2) is 88.7 Å². The van der Waals surface area contributed by atoms with Crippen LogP contribution >= 0.6 is 0 Å². The lowest BCUT2D eigenvalue weighted by Crippen LogP contribution is -2.81. The van der Waals surface area contributed by atoms with Crippen LogP contribution in [0.25, 0.3) is 10.8 Å².